The molecule has 4 heteroatoms. The fourth-order valence-electron chi connectivity index (χ4n) is 3.27. The van der Waals surface area contributed by atoms with E-state index < -0.39 is 0 Å². The van der Waals surface area contributed by atoms with Crippen LogP contribution in [0.25, 0.3) is 33.7 Å². The molecule has 2 aromatic heterocycles. The van der Waals surface area contributed by atoms with Gasteiger partial charge in [-0.1, -0.05) is 36.4 Å². The van der Waals surface area contributed by atoms with Gasteiger partial charge >= 0.3 is 0 Å². The third-order valence-corrected chi connectivity index (χ3v) is 4.35. The molecule has 4 rings (SSSR count). The van der Waals surface area contributed by atoms with Crippen LogP contribution >= 0.6 is 0 Å². The number of pyridine rings is 1. The van der Waals surface area contributed by atoms with E-state index in [0.29, 0.717) is 0 Å². The first-order valence-corrected chi connectivity index (χ1v) is 7.71. The summed E-state index contributed by atoms with van der Waals surface area (Å²) in [5.74, 6) is 1.17. The average Bonchev–Trinajstić information content (AvgIpc) is 2.87. The number of benzene rings is 2. The summed E-state index contributed by atoms with van der Waals surface area (Å²) in [6, 6.07) is 23.0. The van der Waals surface area contributed by atoms with Crippen LogP contribution in [0.4, 0.5) is 0 Å². The van der Waals surface area contributed by atoms with Crippen molar-refractivity contribution in [3.63, 3.8) is 0 Å². The summed E-state index contributed by atoms with van der Waals surface area (Å²) < 4.78 is 4.49. The van der Waals surface area contributed by atoms with Gasteiger partial charge in [0, 0.05) is 11.8 Å². The highest BCUT2D eigenvalue weighted by molar-refractivity contribution is 5.82. The molecular weight excluding hydrogens is 409 g/mol. The maximum absolute atomic E-state index is 4.53. The first kappa shape index (κ1) is 16.6. The summed E-state index contributed by atoms with van der Waals surface area (Å²) in [4.78, 5) is 4.53. The number of hydrogen-bond acceptors (Lipinski definition) is 1. The van der Waals surface area contributed by atoms with E-state index in [1.54, 1.807) is 0 Å². The third-order valence-electron chi connectivity index (χ3n) is 4.35. The molecule has 0 spiro atoms. The van der Waals surface area contributed by atoms with Gasteiger partial charge in [-0.05, 0) is 30.3 Å². The fraction of sp³-hybridized carbons (Fsp3) is 0.100. The molecule has 0 saturated heterocycles. The van der Waals surface area contributed by atoms with E-state index in [1.165, 1.54) is 22.4 Å². The number of para-hydroxylation sites is 2. The van der Waals surface area contributed by atoms with E-state index in [2.05, 4.69) is 82.8 Å². The van der Waals surface area contributed by atoms with Crippen LogP contribution in [0, 0.1) is 0 Å². The van der Waals surface area contributed by atoms with Gasteiger partial charge in [-0.25, -0.2) is 9.13 Å². The zero-order chi connectivity index (χ0) is 15.8. The molecule has 0 aliphatic heterocycles. The Morgan fingerprint density at radius 1 is 0.833 bits per heavy atom. The highest BCUT2D eigenvalue weighted by Crippen LogP contribution is 2.30. The monoisotopic (exact) mass is 427 g/mol. The molecular formula is C20H18IN3. The van der Waals surface area contributed by atoms with Gasteiger partial charge in [0.15, 0.2) is 11.0 Å². The lowest BCUT2D eigenvalue weighted by molar-refractivity contribution is -0.634. The van der Waals surface area contributed by atoms with Crippen LogP contribution in [-0.4, -0.2) is 9.55 Å². The number of aryl methyl sites for hydroxylation is 2. The second-order valence-electron chi connectivity index (χ2n) is 5.69. The first-order chi connectivity index (χ1) is 11.3. The van der Waals surface area contributed by atoms with Crippen molar-refractivity contribution in [2.75, 3.05) is 0 Å². The molecule has 0 amide bonds. The number of fused-ring (bicyclic) bond motifs is 1. The SMILES string of the molecule is Cn1c(-c2ccccc2-c2ccccn2)[n+](C)c2ccccc21.[I-]. The Hall–Kier alpha value is -2.21. The van der Waals surface area contributed by atoms with Crippen LogP contribution in [0.1, 0.15) is 0 Å². The molecule has 4 aromatic rings. The van der Waals surface area contributed by atoms with Crippen LogP contribution in [0.3, 0.4) is 0 Å². The summed E-state index contributed by atoms with van der Waals surface area (Å²) in [5, 5.41) is 0. The van der Waals surface area contributed by atoms with Gasteiger partial charge in [0.1, 0.15) is 0 Å². The predicted octanol–water partition coefficient (Wildman–Crippen LogP) is 0.736. The molecule has 24 heavy (non-hydrogen) atoms. The van der Waals surface area contributed by atoms with E-state index in [-0.39, 0.29) is 24.0 Å². The summed E-state index contributed by atoms with van der Waals surface area (Å²) in [6.45, 7) is 0. The lowest BCUT2D eigenvalue weighted by atomic mass is 10.0. The van der Waals surface area contributed by atoms with Crippen molar-refractivity contribution in [1.82, 2.24) is 9.55 Å². The minimum atomic E-state index is 0. The molecule has 0 aliphatic carbocycles. The van der Waals surface area contributed by atoms with Crippen LogP contribution < -0.4 is 28.5 Å². The Kier molecular flexibility index (Phi) is 4.66. The van der Waals surface area contributed by atoms with Gasteiger partial charge in [-0.2, -0.15) is 0 Å². The minimum Gasteiger partial charge on any atom is -1.00 e. The number of hydrogen-bond donors (Lipinski definition) is 0. The topological polar surface area (TPSA) is 21.7 Å². The molecule has 0 atom stereocenters. The number of aromatic nitrogens is 3. The summed E-state index contributed by atoms with van der Waals surface area (Å²) in [7, 11) is 4.24. The van der Waals surface area contributed by atoms with E-state index >= 15 is 0 Å². The van der Waals surface area contributed by atoms with Crippen LogP contribution in [0.5, 0.6) is 0 Å². The normalized spacial score (nSPS) is 10.6. The Labute approximate surface area is 158 Å². The van der Waals surface area contributed by atoms with Gasteiger partial charge in [0.25, 0.3) is 5.82 Å². The Morgan fingerprint density at radius 3 is 2.21 bits per heavy atom. The highest BCUT2D eigenvalue weighted by atomic mass is 127. The molecule has 120 valence electrons. The van der Waals surface area contributed by atoms with E-state index in [4.69, 9.17) is 0 Å². The zero-order valence-electron chi connectivity index (χ0n) is 13.6. The van der Waals surface area contributed by atoms with Crippen molar-refractivity contribution in [2.24, 2.45) is 14.1 Å². The Bertz CT molecular complexity index is 951. The van der Waals surface area contributed by atoms with Crippen LogP contribution in [0.2, 0.25) is 0 Å². The fourth-order valence-corrected chi connectivity index (χ4v) is 3.27. The molecule has 2 aromatic carbocycles. The Balaban J connectivity index is 0.00000169. The van der Waals surface area contributed by atoms with E-state index in [1.807, 2.05) is 18.3 Å². The van der Waals surface area contributed by atoms with Crippen molar-refractivity contribution in [3.8, 4) is 22.6 Å². The molecule has 0 bridgehead atoms. The first-order valence-electron chi connectivity index (χ1n) is 7.71. The summed E-state index contributed by atoms with van der Waals surface area (Å²) in [5.41, 5.74) is 5.78. The molecule has 0 N–H and O–H groups in total. The largest absolute Gasteiger partial charge is 1.00 e. The number of nitrogens with zero attached hydrogens (tertiary/aromatic N) is 3. The van der Waals surface area contributed by atoms with Crippen molar-refractivity contribution < 1.29 is 28.5 Å². The molecule has 0 fully saturated rings. The predicted molar refractivity (Wildman–Crippen MR) is 92.8 cm³/mol. The summed E-state index contributed by atoms with van der Waals surface area (Å²) in [6.07, 6.45) is 1.84. The van der Waals surface area contributed by atoms with Crippen molar-refractivity contribution in [1.29, 1.82) is 0 Å². The zero-order valence-corrected chi connectivity index (χ0v) is 15.8. The standard InChI is InChI=1S/C20H18N3.HI/c1-22-18-12-5-6-13-19(18)23(2)20(22)16-10-4-3-9-15(16)17-11-7-8-14-21-17;/h3-14H,1-2H3;1H/q+1;/p-1. The van der Waals surface area contributed by atoms with Crippen LogP contribution in [0.15, 0.2) is 72.9 Å². The van der Waals surface area contributed by atoms with E-state index in [9.17, 15) is 0 Å². The smallest absolute Gasteiger partial charge is 0.290 e. The van der Waals surface area contributed by atoms with Crippen molar-refractivity contribution in [3.05, 3.63) is 72.9 Å². The van der Waals surface area contributed by atoms with Gasteiger partial charge < -0.3 is 24.0 Å². The minimum absolute atomic E-state index is 0. The molecule has 0 saturated carbocycles. The van der Waals surface area contributed by atoms with Crippen LogP contribution in [-0.2, 0) is 14.1 Å². The highest BCUT2D eigenvalue weighted by Gasteiger charge is 2.24. The lowest BCUT2D eigenvalue weighted by Gasteiger charge is -2.07. The molecule has 0 radical (unpaired) electrons. The lowest BCUT2D eigenvalue weighted by Crippen LogP contribution is -3.00. The quantitative estimate of drug-likeness (QED) is 0.342. The van der Waals surface area contributed by atoms with Gasteiger partial charge in [-0.15, -0.1) is 0 Å². The molecule has 3 nitrogen and oxygen atoms in total. The maximum atomic E-state index is 4.53. The number of rotatable bonds is 2. The van der Waals surface area contributed by atoms with Gasteiger partial charge in [-0.3, -0.25) is 4.98 Å². The van der Waals surface area contributed by atoms with Crippen molar-refractivity contribution >= 4 is 11.0 Å². The summed E-state index contributed by atoms with van der Waals surface area (Å²) >= 11 is 0. The van der Waals surface area contributed by atoms with Crippen molar-refractivity contribution in [2.45, 2.75) is 0 Å². The van der Waals surface area contributed by atoms with Gasteiger partial charge in [0.05, 0.1) is 25.4 Å². The number of imidazole rings is 1. The Morgan fingerprint density at radius 2 is 1.50 bits per heavy atom. The molecule has 0 unspecified atom stereocenters. The van der Waals surface area contributed by atoms with Gasteiger partial charge in [0.2, 0.25) is 0 Å². The number of halogens is 1. The molecule has 2 heterocycles. The van der Waals surface area contributed by atoms with E-state index in [0.717, 1.165) is 11.3 Å². The average molecular weight is 427 g/mol. The third kappa shape index (κ3) is 2.60. The second kappa shape index (κ2) is 6.73. The maximum Gasteiger partial charge on any atom is 0.290 e. The second-order valence-corrected chi connectivity index (χ2v) is 5.69. The molecule has 0 aliphatic rings.